The molecule has 2 aliphatic rings. The molecule has 4 atom stereocenters. The quantitative estimate of drug-likeness (QED) is 0.0809. The first kappa shape index (κ1) is 31.1. The van der Waals surface area contributed by atoms with Gasteiger partial charge in [-0.1, -0.05) is 55.1 Å². The minimum atomic E-state index is -0.767. The van der Waals surface area contributed by atoms with Crippen LogP contribution < -0.4 is 4.74 Å². The number of hydrazine groups is 1. The zero-order valence-electron chi connectivity index (χ0n) is 22.0. The van der Waals surface area contributed by atoms with Gasteiger partial charge < -0.3 is 4.74 Å². The van der Waals surface area contributed by atoms with Crippen LogP contribution in [0.15, 0.2) is 66.7 Å². The average molecular weight is 754 g/mol. The number of carbonyl (C=O) groups excluding carboxylic acids is 4. The van der Waals surface area contributed by atoms with E-state index in [1.807, 2.05) is 0 Å². The number of fused-ring (bicyclic) bond motifs is 1. The van der Waals surface area contributed by atoms with E-state index in [-0.39, 0.29) is 36.5 Å². The Morgan fingerprint density at radius 2 is 1.37 bits per heavy atom. The van der Waals surface area contributed by atoms with Gasteiger partial charge in [-0.25, -0.2) is 5.01 Å². The number of benzene rings is 3. The molecule has 1 saturated heterocycles. The van der Waals surface area contributed by atoms with E-state index in [1.165, 1.54) is 66.7 Å². The summed E-state index contributed by atoms with van der Waals surface area (Å²) >= 11 is 19.3. The summed E-state index contributed by atoms with van der Waals surface area (Å²) in [6.45, 7) is -0.603. The van der Waals surface area contributed by atoms with E-state index in [4.69, 9.17) is 27.9 Å². The number of carbonyl (C=O) groups is 4. The topological polar surface area (TPSA) is 127 Å². The minimum Gasteiger partial charge on any atom is -0.457 e. The molecular formula is C29H21Br2Cl2N3O7. The molecule has 5 rings (SSSR count). The van der Waals surface area contributed by atoms with Gasteiger partial charge >= 0.3 is 0 Å². The van der Waals surface area contributed by atoms with Crippen molar-refractivity contribution in [2.45, 2.75) is 22.5 Å². The summed E-state index contributed by atoms with van der Waals surface area (Å²) in [5.41, 5.74) is 0.156. The molecule has 3 amide bonds. The first-order valence-electron chi connectivity index (χ1n) is 12.9. The number of ether oxygens (including phenoxy) is 1. The second kappa shape index (κ2) is 12.7. The maximum Gasteiger partial charge on any atom is 0.273 e. The van der Waals surface area contributed by atoms with Crippen LogP contribution in [0.2, 0.25) is 10.0 Å². The van der Waals surface area contributed by atoms with Crippen molar-refractivity contribution in [2.24, 2.45) is 11.8 Å². The molecule has 0 unspecified atom stereocenters. The fourth-order valence-corrected chi connectivity index (χ4v) is 6.57. The molecule has 3 aromatic carbocycles. The summed E-state index contributed by atoms with van der Waals surface area (Å²) in [6.07, 6.45) is 0.779. The zero-order chi connectivity index (χ0) is 31.0. The third-order valence-electron chi connectivity index (χ3n) is 7.28. The van der Waals surface area contributed by atoms with Crippen LogP contribution in [0.4, 0.5) is 5.69 Å². The summed E-state index contributed by atoms with van der Waals surface area (Å²) in [5, 5.41) is 12.8. The Balaban J connectivity index is 1.39. The molecule has 3 aromatic rings. The summed E-state index contributed by atoms with van der Waals surface area (Å²) in [7, 11) is 0. The third-order valence-corrected chi connectivity index (χ3v) is 10.8. The second-order valence-corrected chi connectivity index (χ2v) is 13.2. The van der Waals surface area contributed by atoms with Crippen molar-refractivity contribution in [2.75, 3.05) is 6.54 Å². The maximum absolute atomic E-state index is 13.8. The Kier molecular flexibility index (Phi) is 9.21. The summed E-state index contributed by atoms with van der Waals surface area (Å²) in [6, 6.07) is 15.6. The molecule has 0 spiro atoms. The SMILES string of the molecule is O=C(CN(C(=O)c1ccc(Cl)c(Cl)c1)N1C(=O)[C@@H]2C[C@H](Br)[C@@H](Br)C[C@H]2C1=O)c1ccc(Oc2ccc([N+](=O)[O-])cc2)cc1. The van der Waals surface area contributed by atoms with Crippen LogP contribution in [0.1, 0.15) is 33.6 Å². The van der Waals surface area contributed by atoms with Gasteiger partial charge in [-0.15, -0.1) is 0 Å². The van der Waals surface area contributed by atoms with E-state index < -0.39 is 46.8 Å². The zero-order valence-corrected chi connectivity index (χ0v) is 26.7. The Morgan fingerprint density at radius 1 is 0.860 bits per heavy atom. The molecule has 2 fully saturated rings. The second-order valence-electron chi connectivity index (χ2n) is 10.00. The highest BCUT2D eigenvalue weighted by atomic mass is 79.9. The normalized spacial score (nSPS) is 21.3. The average Bonchev–Trinajstić information content (AvgIpc) is 3.21. The number of nitro benzene ring substituents is 1. The number of rotatable bonds is 8. The Hall–Kier alpha value is -3.32. The summed E-state index contributed by atoms with van der Waals surface area (Å²) < 4.78 is 5.70. The maximum atomic E-state index is 13.8. The smallest absolute Gasteiger partial charge is 0.273 e. The van der Waals surface area contributed by atoms with Crippen LogP contribution in [0.3, 0.4) is 0 Å². The fraction of sp³-hybridized carbons (Fsp3) is 0.241. The Bertz CT molecular complexity index is 1590. The number of Topliss-reactive ketones (excluding diaryl/α,β-unsaturated/α-hetero) is 1. The molecule has 222 valence electrons. The van der Waals surface area contributed by atoms with Crippen molar-refractivity contribution in [1.82, 2.24) is 10.0 Å². The van der Waals surface area contributed by atoms with Crippen LogP contribution >= 0.6 is 55.1 Å². The summed E-state index contributed by atoms with van der Waals surface area (Å²) in [5.74, 6) is -2.97. The molecular weight excluding hydrogens is 733 g/mol. The molecule has 1 saturated carbocycles. The van der Waals surface area contributed by atoms with Gasteiger partial charge in [0.2, 0.25) is 0 Å². The van der Waals surface area contributed by atoms with Crippen molar-refractivity contribution in [3.8, 4) is 11.5 Å². The molecule has 0 N–H and O–H groups in total. The van der Waals surface area contributed by atoms with Crippen molar-refractivity contribution in [3.63, 3.8) is 0 Å². The Morgan fingerprint density at radius 3 is 1.88 bits per heavy atom. The molecule has 0 radical (unpaired) electrons. The standard InChI is InChI=1S/C29H21Br2Cl2N3O7/c30-22-12-20-21(13-23(22)31)29(40)35(28(20)39)34(27(38)16-3-10-24(32)25(33)11-16)14-26(37)15-1-6-18(7-2-15)43-19-8-4-17(5-9-19)36(41)42/h1-11,20-23H,12-14H2/t20-,21-,22+,23+/m1/s1. The number of nitrogens with zero attached hydrogens (tertiary/aromatic N) is 3. The van der Waals surface area contributed by atoms with Crippen LogP contribution in [-0.2, 0) is 9.59 Å². The van der Waals surface area contributed by atoms with Gasteiger partial charge in [-0.3, -0.25) is 29.3 Å². The molecule has 0 aromatic heterocycles. The van der Waals surface area contributed by atoms with Crippen LogP contribution in [0.5, 0.6) is 11.5 Å². The van der Waals surface area contributed by atoms with Crippen molar-refractivity contribution < 1.29 is 28.8 Å². The number of hydrogen-bond donors (Lipinski definition) is 0. The number of halogens is 4. The lowest BCUT2D eigenvalue weighted by molar-refractivity contribution is -0.384. The molecule has 0 bridgehead atoms. The van der Waals surface area contributed by atoms with Crippen LogP contribution in [0.25, 0.3) is 0 Å². The lowest BCUT2D eigenvalue weighted by Gasteiger charge is -2.30. The lowest BCUT2D eigenvalue weighted by atomic mass is 9.81. The van der Waals surface area contributed by atoms with E-state index in [0.717, 1.165) is 10.0 Å². The number of nitro groups is 1. The van der Waals surface area contributed by atoms with Crippen LogP contribution in [0, 0.1) is 22.0 Å². The van der Waals surface area contributed by atoms with Crippen molar-refractivity contribution >= 4 is 84.3 Å². The lowest BCUT2D eigenvalue weighted by Crippen LogP contribution is -2.52. The highest BCUT2D eigenvalue weighted by Gasteiger charge is 2.54. The van der Waals surface area contributed by atoms with Gasteiger partial charge in [0.15, 0.2) is 5.78 Å². The Labute approximate surface area is 272 Å². The number of alkyl halides is 2. The molecule has 1 aliphatic heterocycles. The van der Waals surface area contributed by atoms with Crippen molar-refractivity contribution in [1.29, 1.82) is 0 Å². The first-order chi connectivity index (χ1) is 20.4. The number of non-ortho nitro benzene ring substituents is 1. The van der Waals surface area contributed by atoms with E-state index >= 15 is 0 Å². The largest absolute Gasteiger partial charge is 0.457 e. The molecule has 43 heavy (non-hydrogen) atoms. The molecule has 10 nitrogen and oxygen atoms in total. The van der Waals surface area contributed by atoms with Gasteiger partial charge in [0.25, 0.3) is 23.4 Å². The highest BCUT2D eigenvalue weighted by Crippen LogP contribution is 2.44. The molecule has 1 aliphatic carbocycles. The van der Waals surface area contributed by atoms with Gasteiger partial charge in [0, 0.05) is 32.9 Å². The monoisotopic (exact) mass is 751 g/mol. The fourth-order valence-electron chi connectivity index (χ4n) is 5.04. The minimum absolute atomic E-state index is 0.0428. The highest BCUT2D eigenvalue weighted by molar-refractivity contribution is 9.12. The predicted octanol–water partition coefficient (Wildman–Crippen LogP) is 6.86. The van der Waals surface area contributed by atoms with Gasteiger partial charge in [0.05, 0.1) is 26.8 Å². The molecule has 14 heteroatoms. The number of hydrogen-bond acceptors (Lipinski definition) is 7. The van der Waals surface area contributed by atoms with E-state index in [0.29, 0.717) is 24.3 Å². The van der Waals surface area contributed by atoms with E-state index in [2.05, 4.69) is 31.9 Å². The third kappa shape index (κ3) is 6.47. The van der Waals surface area contributed by atoms with E-state index in [9.17, 15) is 29.3 Å². The predicted molar refractivity (Wildman–Crippen MR) is 165 cm³/mol. The number of ketones is 1. The van der Waals surface area contributed by atoms with Gasteiger partial charge in [-0.05, 0) is 67.4 Å². The van der Waals surface area contributed by atoms with E-state index in [1.54, 1.807) is 0 Å². The van der Waals surface area contributed by atoms with Gasteiger partial charge in [-0.2, -0.15) is 5.01 Å². The number of amides is 3. The molecule has 1 heterocycles. The number of imide groups is 1. The van der Waals surface area contributed by atoms with Gasteiger partial charge in [0.1, 0.15) is 18.0 Å². The van der Waals surface area contributed by atoms with Crippen LogP contribution in [-0.4, -0.2) is 54.6 Å². The van der Waals surface area contributed by atoms with Crippen molar-refractivity contribution in [3.05, 3.63) is 98.0 Å². The first-order valence-corrected chi connectivity index (χ1v) is 15.5. The summed E-state index contributed by atoms with van der Waals surface area (Å²) in [4.78, 5) is 64.6.